The Hall–Kier alpha value is -1.85. The number of carbonyl (C=O) groups excluding carboxylic acids is 1. The van der Waals surface area contributed by atoms with Crippen LogP contribution in [0, 0.1) is 6.92 Å². The summed E-state index contributed by atoms with van der Waals surface area (Å²) in [6.45, 7) is 7.42. The predicted octanol–water partition coefficient (Wildman–Crippen LogP) is 4.19. The van der Waals surface area contributed by atoms with E-state index in [4.69, 9.17) is 23.2 Å². The van der Waals surface area contributed by atoms with Crippen LogP contribution in [0.5, 0.6) is 0 Å². The average Bonchev–Trinajstić information content (AvgIpc) is 2.51. The molecular formula is C16H18Cl2N4O. The third-order valence-electron chi connectivity index (χ3n) is 3.30. The molecule has 0 aliphatic heterocycles. The van der Waals surface area contributed by atoms with Crippen LogP contribution >= 0.6 is 23.2 Å². The number of amides is 1. The summed E-state index contributed by atoms with van der Waals surface area (Å²) in [5, 5.41) is 3.58. The maximum Gasteiger partial charge on any atom is 0.274 e. The van der Waals surface area contributed by atoms with Crippen LogP contribution in [0.15, 0.2) is 24.3 Å². The van der Waals surface area contributed by atoms with Crippen molar-refractivity contribution in [2.45, 2.75) is 20.8 Å². The van der Waals surface area contributed by atoms with E-state index in [1.165, 1.54) is 0 Å². The molecule has 5 nitrogen and oxygen atoms in total. The van der Waals surface area contributed by atoms with Crippen molar-refractivity contribution >= 4 is 40.7 Å². The summed E-state index contributed by atoms with van der Waals surface area (Å²) in [4.78, 5) is 23.1. The van der Waals surface area contributed by atoms with Crippen LogP contribution in [0.25, 0.3) is 0 Å². The number of hydrogen-bond donors (Lipinski definition) is 1. The molecule has 2 aromatic rings. The van der Waals surface area contributed by atoms with Gasteiger partial charge in [-0.2, -0.15) is 0 Å². The molecule has 1 heterocycles. The van der Waals surface area contributed by atoms with E-state index >= 15 is 0 Å². The van der Waals surface area contributed by atoms with Crippen molar-refractivity contribution in [2.24, 2.45) is 0 Å². The molecule has 7 heteroatoms. The van der Waals surface area contributed by atoms with Gasteiger partial charge in [0.05, 0.1) is 10.0 Å². The van der Waals surface area contributed by atoms with Crippen molar-refractivity contribution in [1.29, 1.82) is 0 Å². The highest BCUT2D eigenvalue weighted by atomic mass is 35.5. The molecule has 0 aliphatic rings. The molecule has 1 aromatic carbocycles. The SMILES string of the molecule is CCN(CC)c1nc(C)cc(C(=O)Nc2ccc(Cl)c(Cl)c2)n1. The summed E-state index contributed by atoms with van der Waals surface area (Å²) in [5.74, 6) is 0.233. The third kappa shape index (κ3) is 4.33. The monoisotopic (exact) mass is 352 g/mol. The molecule has 0 bridgehead atoms. The Bertz CT molecular complexity index is 717. The fourth-order valence-electron chi connectivity index (χ4n) is 2.09. The lowest BCUT2D eigenvalue weighted by atomic mass is 10.3. The first-order valence-corrected chi connectivity index (χ1v) is 8.07. The van der Waals surface area contributed by atoms with Gasteiger partial charge >= 0.3 is 0 Å². The minimum atomic E-state index is -0.317. The highest BCUT2D eigenvalue weighted by Gasteiger charge is 2.14. The zero-order chi connectivity index (χ0) is 17.0. The van der Waals surface area contributed by atoms with Crippen molar-refractivity contribution in [3.8, 4) is 0 Å². The molecule has 1 N–H and O–H groups in total. The molecule has 0 spiro atoms. The van der Waals surface area contributed by atoms with Crippen LogP contribution in [0.3, 0.4) is 0 Å². The van der Waals surface area contributed by atoms with Gasteiger partial charge in [-0.05, 0) is 45.0 Å². The standard InChI is InChI=1S/C16H18Cl2N4O/c1-4-22(5-2)16-19-10(3)8-14(21-16)15(23)20-11-6-7-12(17)13(18)9-11/h6-9H,4-5H2,1-3H3,(H,20,23). The minimum absolute atomic E-state index is 0.311. The van der Waals surface area contributed by atoms with Gasteiger partial charge < -0.3 is 10.2 Å². The minimum Gasteiger partial charge on any atom is -0.341 e. The first-order valence-electron chi connectivity index (χ1n) is 7.31. The van der Waals surface area contributed by atoms with Crippen molar-refractivity contribution in [1.82, 2.24) is 9.97 Å². The van der Waals surface area contributed by atoms with Crippen molar-refractivity contribution in [3.63, 3.8) is 0 Å². The van der Waals surface area contributed by atoms with Crippen LogP contribution in [0.1, 0.15) is 30.0 Å². The number of aryl methyl sites for hydroxylation is 1. The Morgan fingerprint density at radius 2 is 1.83 bits per heavy atom. The van der Waals surface area contributed by atoms with Gasteiger partial charge in [0.2, 0.25) is 5.95 Å². The lowest BCUT2D eigenvalue weighted by molar-refractivity contribution is 0.102. The number of nitrogens with one attached hydrogen (secondary N) is 1. The van der Waals surface area contributed by atoms with E-state index in [9.17, 15) is 4.79 Å². The van der Waals surface area contributed by atoms with Gasteiger partial charge in [-0.25, -0.2) is 9.97 Å². The second-order valence-electron chi connectivity index (χ2n) is 4.95. The number of aromatic nitrogens is 2. The number of carbonyl (C=O) groups is 1. The zero-order valence-electron chi connectivity index (χ0n) is 13.2. The van der Waals surface area contributed by atoms with Gasteiger partial charge in [-0.1, -0.05) is 23.2 Å². The summed E-state index contributed by atoms with van der Waals surface area (Å²) < 4.78 is 0. The van der Waals surface area contributed by atoms with E-state index in [0.29, 0.717) is 27.4 Å². The maximum atomic E-state index is 12.4. The summed E-state index contributed by atoms with van der Waals surface area (Å²) >= 11 is 11.8. The smallest absolute Gasteiger partial charge is 0.274 e. The lowest BCUT2D eigenvalue weighted by Crippen LogP contribution is -2.26. The molecular weight excluding hydrogens is 335 g/mol. The van der Waals surface area contributed by atoms with E-state index in [1.807, 2.05) is 25.7 Å². The largest absolute Gasteiger partial charge is 0.341 e. The second kappa shape index (κ2) is 7.62. The van der Waals surface area contributed by atoms with Crippen LogP contribution in [-0.2, 0) is 0 Å². The Morgan fingerprint density at radius 3 is 2.43 bits per heavy atom. The zero-order valence-corrected chi connectivity index (χ0v) is 14.7. The Balaban J connectivity index is 2.26. The predicted molar refractivity (Wildman–Crippen MR) is 94.7 cm³/mol. The van der Waals surface area contributed by atoms with Crippen LogP contribution in [0.2, 0.25) is 10.0 Å². The maximum absolute atomic E-state index is 12.4. The van der Waals surface area contributed by atoms with Gasteiger partial charge in [0.1, 0.15) is 5.69 Å². The fourth-order valence-corrected chi connectivity index (χ4v) is 2.38. The Kier molecular flexibility index (Phi) is 5.80. The Labute approximate surface area is 145 Å². The second-order valence-corrected chi connectivity index (χ2v) is 5.76. The van der Waals surface area contributed by atoms with Crippen LogP contribution in [-0.4, -0.2) is 29.0 Å². The fraction of sp³-hybridized carbons (Fsp3) is 0.312. The number of benzene rings is 1. The molecule has 1 aromatic heterocycles. The molecule has 23 heavy (non-hydrogen) atoms. The molecule has 0 saturated heterocycles. The van der Waals surface area contributed by atoms with Crippen LogP contribution < -0.4 is 10.2 Å². The number of anilines is 2. The van der Waals surface area contributed by atoms with Crippen molar-refractivity contribution < 1.29 is 4.79 Å². The van der Waals surface area contributed by atoms with Crippen molar-refractivity contribution in [2.75, 3.05) is 23.3 Å². The van der Waals surface area contributed by atoms with Gasteiger partial charge in [0, 0.05) is 24.5 Å². The average molecular weight is 353 g/mol. The summed E-state index contributed by atoms with van der Waals surface area (Å²) in [6.07, 6.45) is 0. The molecule has 0 saturated carbocycles. The van der Waals surface area contributed by atoms with E-state index < -0.39 is 0 Å². The molecule has 122 valence electrons. The number of halogens is 2. The highest BCUT2D eigenvalue weighted by Crippen LogP contribution is 2.25. The summed E-state index contributed by atoms with van der Waals surface area (Å²) in [7, 11) is 0. The van der Waals surface area contributed by atoms with Crippen LogP contribution in [0.4, 0.5) is 11.6 Å². The van der Waals surface area contributed by atoms with E-state index in [2.05, 4.69) is 15.3 Å². The van der Waals surface area contributed by atoms with Gasteiger partial charge in [0.25, 0.3) is 5.91 Å². The van der Waals surface area contributed by atoms with E-state index in [1.54, 1.807) is 24.3 Å². The molecule has 0 fully saturated rings. The molecule has 0 unspecified atom stereocenters. The first-order chi connectivity index (χ1) is 10.9. The normalized spacial score (nSPS) is 10.5. The van der Waals surface area contributed by atoms with E-state index in [0.717, 1.165) is 18.8 Å². The van der Waals surface area contributed by atoms with Crippen molar-refractivity contribution in [3.05, 3.63) is 45.7 Å². The number of nitrogens with zero attached hydrogens (tertiary/aromatic N) is 3. The quantitative estimate of drug-likeness (QED) is 0.876. The Morgan fingerprint density at radius 1 is 1.13 bits per heavy atom. The molecule has 0 radical (unpaired) electrons. The summed E-state index contributed by atoms with van der Waals surface area (Å²) in [5.41, 5.74) is 1.61. The highest BCUT2D eigenvalue weighted by molar-refractivity contribution is 6.42. The topological polar surface area (TPSA) is 58.1 Å². The lowest BCUT2D eigenvalue weighted by Gasteiger charge is -2.19. The number of rotatable bonds is 5. The van der Waals surface area contributed by atoms with Gasteiger partial charge in [-0.3, -0.25) is 4.79 Å². The van der Waals surface area contributed by atoms with Gasteiger partial charge in [-0.15, -0.1) is 0 Å². The molecule has 2 rings (SSSR count). The van der Waals surface area contributed by atoms with E-state index in [-0.39, 0.29) is 5.91 Å². The van der Waals surface area contributed by atoms with Gasteiger partial charge in [0.15, 0.2) is 0 Å². The first kappa shape index (κ1) is 17.5. The third-order valence-corrected chi connectivity index (χ3v) is 4.04. The molecule has 1 amide bonds. The molecule has 0 aliphatic carbocycles. The summed E-state index contributed by atoms with van der Waals surface area (Å²) in [6, 6.07) is 6.57. The molecule has 0 atom stereocenters. The number of hydrogen-bond acceptors (Lipinski definition) is 4.